The highest BCUT2D eigenvalue weighted by molar-refractivity contribution is 5.82. The van der Waals surface area contributed by atoms with Crippen LogP contribution in [0.4, 0.5) is 17.1 Å². The van der Waals surface area contributed by atoms with E-state index in [2.05, 4.69) is 6.92 Å². The number of ether oxygens (including phenoxy) is 2. The van der Waals surface area contributed by atoms with Crippen molar-refractivity contribution in [3.63, 3.8) is 0 Å². The highest BCUT2D eigenvalue weighted by atomic mass is 16.6. The van der Waals surface area contributed by atoms with E-state index < -0.39 is 32.4 Å². The maximum absolute atomic E-state index is 12.0. The van der Waals surface area contributed by atoms with Crippen LogP contribution >= 0.6 is 0 Å². The molecule has 3 aromatic rings. The zero-order valence-electron chi connectivity index (χ0n) is 20.2. The Balaban J connectivity index is 1.86. The van der Waals surface area contributed by atoms with Gasteiger partial charge in [0.1, 0.15) is 5.56 Å². The largest absolute Gasteiger partial charge is 0.493 e. The van der Waals surface area contributed by atoms with Gasteiger partial charge in [-0.3, -0.25) is 25.2 Å². The van der Waals surface area contributed by atoms with Crippen molar-refractivity contribution < 1.29 is 19.3 Å². The van der Waals surface area contributed by atoms with Crippen molar-refractivity contribution in [3.8, 4) is 11.5 Å². The number of nitro groups is 2. The number of fused-ring (bicyclic) bond motifs is 2. The molecule has 184 valence electrons. The molecule has 2 aliphatic rings. The highest BCUT2D eigenvalue weighted by Crippen LogP contribution is 2.60. The summed E-state index contributed by atoms with van der Waals surface area (Å²) in [5.41, 5.74) is -0.464. The molecule has 0 saturated heterocycles. The van der Waals surface area contributed by atoms with E-state index in [9.17, 15) is 20.2 Å². The Morgan fingerprint density at radius 1 is 1.00 bits per heavy atom. The number of para-hydroxylation sites is 1. The molecule has 2 unspecified atom stereocenters. The van der Waals surface area contributed by atoms with Crippen LogP contribution < -0.4 is 14.5 Å². The van der Waals surface area contributed by atoms with Crippen molar-refractivity contribution in [2.75, 3.05) is 26.2 Å². The summed E-state index contributed by atoms with van der Waals surface area (Å²) >= 11 is 0. The molecule has 1 spiro atoms. The van der Waals surface area contributed by atoms with Crippen LogP contribution in [-0.2, 0) is 5.41 Å². The summed E-state index contributed by atoms with van der Waals surface area (Å²) in [6.45, 7) is 2.06. The normalized spacial score (nSPS) is 21.8. The molecular weight excluding hydrogens is 464 g/mol. The fourth-order valence-corrected chi connectivity index (χ4v) is 5.46. The third-order valence-electron chi connectivity index (χ3n) is 7.02. The van der Waals surface area contributed by atoms with E-state index in [-0.39, 0.29) is 17.1 Å². The van der Waals surface area contributed by atoms with Crippen LogP contribution in [0.25, 0.3) is 6.08 Å². The molecule has 10 heteroatoms. The first-order valence-electron chi connectivity index (χ1n) is 11.2. The molecule has 0 N–H and O–H groups in total. The molecule has 0 bridgehead atoms. The number of benzene rings is 3. The van der Waals surface area contributed by atoms with Gasteiger partial charge < -0.3 is 9.47 Å². The average Bonchev–Trinajstić information content (AvgIpc) is 3.08. The first-order chi connectivity index (χ1) is 17.2. The van der Waals surface area contributed by atoms with E-state index in [0.717, 1.165) is 22.9 Å². The van der Waals surface area contributed by atoms with Gasteiger partial charge in [-0.2, -0.15) is 0 Å². The molecule has 0 aliphatic carbocycles. The lowest BCUT2D eigenvalue weighted by Gasteiger charge is -2.50. The first kappa shape index (κ1) is 23.3. The molecule has 2 heterocycles. The Morgan fingerprint density at radius 3 is 2.28 bits per heavy atom. The lowest BCUT2D eigenvalue weighted by atomic mass is 9.69. The Labute approximate surface area is 207 Å². The number of rotatable bonds is 5. The SMILES string of the molecule is COc1cc([N+](=O)[O-])c([N+](=O)[O-])c2c1OC1(C=C2)N(N(C)C)c2ccccc2C1(C)c1ccccc1. The summed E-state index contributed by atoms with van der Waals surface area (Å²) in [5.74, 6) is 0.107. The summed E-state index contributed by atoms with van der Waals surface area (Å²) < 4.78 is 12.3. The molecule has 36 heavy (non-hydrogen) atoms. The number of nitro benzene ring substituents is 2. The molecule has 2 aliphatic heterocycles. The van der Waals surface area contributed by atoms with Crippen LogP contribution in [0.2, 0.25) is 0 Å². The van der Waals surface area contributed by atoms with Crippen LogP contribution in [0.5, 0.6) is 11.5 Å². The van der Waals surface area contributed by atoms with E-state index in [1.807, 2.05) is 78.7 Å². The van der Waals surface area contributed by atoms with Gasteiger partial charge in [-0.25, -0.2) is 5.01 Å². The number of anilines is 1. The molecule has 0 saturated carbocycles. The smallest absolute Gasteiger partial charge is 0.357 e. The molecule has 10 nitrogen and oxygen atoms in total. The number of hydrazine groups is 1. The standard InChI is InChI=1S/C26H24N4O6/c1-25(17-10-6-5-7-11-17)19-12-8-9-13-20(19)28(27(2)3)26(25)15-14-18-23(30(33)34)21(29(31)32)16-22(35-4)24(18)36-26/h5-16H,1-4H3. The summed E-state index contributed by atoms with van der Waals surface area (Å²) in [7, 11) is 5.12. The lowest BCUT2D eigenvalue weighted by Crippen LogP contribution is -2.64. The number of hydrogen-bond donors (Lipinski definition) is 0. The summed E-state index contributed by atoms with van der Waals surface area (Å²) in [6.07, 6.45) is 3.29. The number of hydrogen-bond acceptors (Lipinski definition) is 8. The first-order valence-corrected chi connectivity index (χ1v) is 11.2. The zero-order valence-corrected chi connectivity index (χ0v) is 20.2. The van der Waals surface area contributed by atoms with Crippen molar-refractivity contribution in [2.45, 2.75) is 18.1 Å². The molecular formula is C26H24N4O6. The van der Waals surface area contributed by atoms with Gasteiger partial charge in [0, 0.05) is 14.1 Å². The van der Waals surface area contributed by atoms with Crippen LogP contribution in [0.15, 0.2) is 66.7 Å². The Bertz CT molecular complexity index is 1420. The van der Waals surface area contributed by atoms with E-state index in [1.165, 1.54) is 13.2 Å². The zero-order chi connectivity index (χ0) is 25.8. The summed E-state index contributed by atoms with van der Waals surface area (Å²) in [5, 5.41) is 27.5. The van der Waals surface area contributed by atoms with Crippen LogP contribution in [0, 0.1) is 20.2 Å². The maximum Gasteiger partial charge on any atom is 0.357 e. The van der Waals surface area contributed by atoms with Gasteiger partial charge in [0.25, 0.3) is 0 Å². The maximum atomic E-state index is 12.0. The molecule has 0 amide bonds. The highest BCUT2D eigenvalue weighted by Gasteiger charge is 2.64. The quantitative estimate of drug-likeness (QED) is 0.368. The van der Waals surface area contributed by atoms with Crippen LogP contribution in [-0.4, -0.2) is 41.8 Å². The molecule has 0 radical (unpaired) electrons. The van der Waals surface area contributed by atoms with Gasteiger partial charge in [0.05, 0.1) is 34.1 Å². The van der Waals surface area contributed by atoms with Gasteiger partial charge >= 0.3 is 11.4 Å². The van der Waals surface area contributed by atoms with Gasteiger partial charge in [-0.15, -0.1) is 0 Å². The second kappa shape index (κ2) is 8.06. The van der Waals surface area contributed by atoms with Crippen LogP contribution in [0.1, 0.15) is 23.6 Å². The van der Waals surface area contributed by atoms with Crippen molar-refractivity contribution in [2.24, 2.45) is 0 Å². The second-order valence-electron chi connectivity index (χ2n) is 9.00. The van der Waals surface area contributed by atoms with E-state index in [0.29, 0.717) is 0 Å². The average molecular weight is 489 g/mol. The fraction of sp³-hybridized carbons (Fsp3) is 0.231. The third kappa shape index (κ3) is 2.94. The number of methoxy groups -OCH3 is 1. The Hall–Kier alpha value is -4.44. The minimum Gasteiger partial charge on any atom is -0.493 e. The van der Waals surface area contributed by atoms with Gasteiger partial charge in [0.15, 0.2) is 11.5 Å². The predicted octanol–water partition coefficient (Wildman–Crippen LogP) is 4.92. The van der Waals surface area contributed by atoms with E-state index in [1.54, 1.807) is 6.08 Å². The molecule has 2 atom stereocenters. The molecule has 0 aromatic heterocycles. The Kier molecular flexibility index (Phi) is 5.22. The summed E-state index contributed by atoms with van der Waals surface area (Å²) in [4.78, 5) is 22.1. The molecule has 0 fully saturated rings. The van der Waals surface area contributed by atoms with E-state index >= 15 is 0 Å². The summed E-state index contributed by atoms with van der Waals surface area (Å²) in [6, 6.07) is 18.8. The van der Waals surface area contributed by atoms with Gasteiger partial charge in [-0.05, 0) is 36.3 Å². The molecule has 3 aromatic carbocycles. The molecule has 5 rings (SSSR count). The third-order valence-corrected chi connectivity index (χ3v) is 7.02. The Morgan fingerprint density at radius 2 is 1.67 bits per heavy atom. The van der Waals surface area contributed by atoms with E-state index in [4.69, 9.17) is 9.47 Å². The fourth-order valence-electron chi connectivity index (χ4n) is 5.46. The van der Waals surface area contributed by atoms with Crippen molar-refractivity contribution in [1.29, 1.82) is 0 Å². The van der Waals surface area contributed by atoms with Gasteiger partial charge in [-0.1, -0.05) is 48.5 Å². The van der Waals surface area contributed by atoms with Crippen LogP contribution in [0.3, 0.4) is 0 Å². The predicted molar refractivity (Wildman–Crippen MR) is 134 cm³/mol. The van der Waals surface area contributed by atoms with Crippen molar-refractivity contribution in [1.82, 2.24) is 5.01 Å². The van der Waals surface area contributed by atoms with Gasteiger partial charge in [0.2, 0.25) is 5.72 Å². The topological polar surface area (TPSA) is 111 Å². The van der Waals surface area contributed by atoms with Crippen molar-refractivity contribution >= 4 is 23.1 Å². The van der Waals surface area contributed by atoms with Crippen molar-refractivity contribution in [3.05, 3.63) is 104 Å². The lowest BCUT2D eigenvalue weighted by molar-refractivity contribution is -0.422. The minimum absolute atomic E-state index is 0.0123. The minimum atomic E-state index is -1.22. The number of nitrogens with zero attached hydrogens (tertiary/aromatic N) is 4. The second-order valence-corrected chi connectivity index (χ2v) is 9.00. The monoisotopic (exact) mass is 488 g/mol.